The third-order valence-corrected chi connectivity index (χ3v) is 1.10. The Kier molecular flexibility index (Phi) is 2.58. The topological polar surface area (TPSA) is 48.8 Å². The third-order valence-electron chi connectivity index (χ3n) is 0.408. The minimum absolute atomic E-state index is 0.0451. The molecule has 40 valence electrons. The first-order chi connectivity index (χ1) is 3.56. The molecule has 0 aromatic heterocycles. The molecule has 0 rings (SSSR count). The van der Waals surface area contributed by atoms with Crippen molar-refractivity contribution in [3.05, 3.63) is 30.1 Å². The maximum atomic E-state index is 7.74. The van der Waals surface area contributed by atoms with Crippen LogP contribution in [0, 0.1) is 19.6 Å². The molecule has 6 radical (unpaired) electrons. The van der Waals surface area contributed by atoms with Gasteiger partial charge in [0.25, 0.3) is 0 Å². The van der Waals surface area contributed by atoms with Gasteiger partial charge in [-0.2, -0.15) is 0 Å². The fourth-order valence-electron chi connectivity index (χ4n) is 0.154. The van der Waals surface area contributed by atoms with Crippen molar-refractivity contribution in [2.45, 2.75) is 0 Å². The van der Waals surface area contributed by atoms with Crippen molar-refractivity contribution < 1.29 is 0 Å². The van der Waals surface area contributed by atoms with Gasteiger partial charge in [0.1, 0.15) is 0 Å². The lowest BCUT2D eigenvalue weighted by Crippen LogP contribution is -2.27. The molecule has 0 heterocycles. The molecule has 3 nitrogen and oxygen atoms in total. The summed E-state index contributed by atoms with van der Waals surface area (Å²) in [5.74, 6) is 0. The van der Waals surface area contributed by atoms with Crippen LogP contribution in [-0.4, -0.2) is 14.2 Å². The van der Waals surface area contributed by atoms with E-state index in [4.69, 9.17) is 25.2 Å². The van der Waals surface area contributed by atoms with Crippen molar-refractivity contribution >= 4 is 8.07 Å². The van der Waals surface area contributed by atoms with Gasteiger partial charge in [0, 0.05) is 11.1 Å². The second-order valence-electron chi connectivity index (χ2n) is 1.50. The van der Waals surface area contributed by atoms with Gasteiger partial charge in [-0.1, -0.05) is 5.11 Å². The van der Waals surface area contributed by atoms with E-state index < -0.39 is 8.07 Å². The minimum Gasteiger partial charge on any atom is -0.0969 e. The van der Waals surface area contributed by atoms with E-state index >= 15 is 0 Å². The molecule has 0 atom stereocenters. The van der Waals surface area contributed by atoms with Gasteiger partial charge in [0.05, 0.1) is 8.07 Å². The quantitative estimate of drug-likeness (QED) is 0.228. The van der Waals surface area contributed by atoms with Gasteiger partial charge in [-0.15, -0.1) is 0 Å². The molecule has 0 aliphatic carbocycles. The summed E-state index contributed by atoms with van der Waals surface area (Å²) in [7, 11) is -2.60. The van der Waals surface area contributed by atoms with Crippen molar-refractivity contribution in [3.8, 4) is 0 Å². The number of azide groups is 1. The first-order valence-corrected chi connectivity index (χ1v) is 4.37. The molecular formula is C4H5N3Si. The maximum Gasteiger partial charge on any atom is 0.0694 e. The highest BCUT2D eigenvalue weighted by atomic mass is 28.3. The van der Waals surface area contributed by atoms with E-state index in [0.29, 0.717) is 0 Å². The molecule has 0 aliphatic heterocycles. The SMILES string of the molecule is [CH][Si]([CH])([CH])CN=[N+]=[N-]. The van der Waals surface area contributed by atoms with Gasteiger partial charge in [0.2, 0.25) is 0 Å². The zero-order valence-corrected chi connectivity index (χ0v) is 5.28. The largest absolute Gasteiger partial charge is 0.0969 e. The minimum atomic E-state index is -2.60. The first-order valence-electron chi connectivity index (χ1n) is 1.94. The molecule has 0 saturated heterocycles. The summed E-state index contributed by atoms with van der Waals surface area (Å²) in [6.45, 7) is 15.5. The van der Waals surface area contributed by atoms with E-state index in [1.165, 1.54) is 0 Å². The molecule has 0 aliphatic rings. The first kappa shape index (κ1) is 7.53. The summed E-state index contributed by atoms with van der Waals surface area (Å²) in [6, 6.07) is 0. The second kappa shape index (κ2) is 2.74. The maximum absolute atomic E-state index is 7.74. The lowest BCUT2D eigenvalue weighted by molar-refractivity contribution is 1.28. The van der Waals surface area contributed by atoms with Crippen LogP contribution in [0.25, 0.3) is 10.4 Å². The summed E-state index contributed by atoms with van der Waals surface area (Å²) in [4.78, 5) is 2.44. The number of nitrogens with zero attached hydrogens (tertiary/aromatic N) is 3. The Morgan fingerprint density at radius 1 is 1.50 bits per heavy atom. The number of hydrogen-bond donors (Lipinski definition) is 0. The van der Waals surface area contributed by atoms with Crippen LogP contribution in [0.3, 0.4) is 0 Å². The molecule has 0 amide bonds. The van der Waals surface area contributed by atoms with Crippen molar-refractivity contribution in [3.63, 3.8) is 0 Å². The Morgan fingerprint density at radius 2 is 2.00 bits per heavy atom. The molecule has 0 aromatic rings. The van der Waals surface area contributed by atoms with Crippen LogP contribution < -0.4 is 0 Å². The molecule has 0 bridgehead atoms. The summed E-state index contributed by atoms with van der Waals surface area (Å²) in [5.41, 5.74) is 7.74. The van der Waals surface area contributed by atoms with Crippen LogP contribution >= 0.6 is 0 Å². The van der Waals surface area contributed by atoms with E-state index in [9.17, 15) is 0 Å². The molecule has 0 unspecified atom stereocenters. The van der Waals surface area contributed by atoms with Crippen molar-refractivity contribution in [1.82, 2.24) is 0 Å². The summed E-state index contributed by atoms with van der Waals surface area (Å²) < 4.78 is 0. The van der Waals surface area contributed by atoms with Crippen LogP contribution in [0.5, 0.6) is 0 Å². The van der Waals surface area contributed by atoms with E-state index in [2.05, 4.69) is 10.0 Å². The highest BCUT2D eigenvalue weighted by Gasteiger charge is 2.11. The normalized spacial score (nSPS) is 10.4. The fourth-order valence-corrected chi connectivity index (χ4v) is 0.462. The molecular weight excluding hydrogens is 118 g/mol. The fraction of sp³-hybridized carbons (Fsp3) is 0.250. The van der Waals surface area contributed by atoms with Crippen LogP contribution in [0.4, 0.5) is 0 Å². The Hall–Kier alpha value is -0.473. The Morgan fingerprint density at radius 3 is 2.12 bits per heavy atom. The third kappa shape index (κ3) is 5.53. The monoisotopic (exact) mass is 123 g/mol. The van der Waals surface area contributed by atoms with Crippen LogP contribution in [0.1, 0.15) is 0 Å². The van der Waals surface area contributed by atoms with Crippen molar-refractivity contribution in [2.75, 3.05) is 6.17 Å². The van der Waals surface area contributed by atoms with Gasteiger partial charge >= 0.3 is 0 Å². The average Bonchev–Trinajstić information content (AvgIpc) is 1.59. The molecule has 0 aromatic carbocycles. The smallest absolute Gasteiger partial charge is 0.0694 e. The molecule has 0 spiro atoms. The molecule has 0 N–H and O–H groups in total. The highest BCUT2D eigenvalue weighted by Crippen LogP contribution is 1.94. The highest BCUT2D eigenvalue weighted by molar-refractivity contribution is 6.85. The number of rotatable bonds is 2. The van der Waals surface area contributed by atoms with Gasteiger partial charge in [-0.05, 0) is 25.2 Å². The van der Waals surface area contributed by atoms with Crippen LogP contribution in [0.2, 0.25) is 0 Å². The van der Waals surface area contributed by atoms with Gasteiger partial charge in [-0.3, -0.25) is 0 Å². The zero-order valence-electron chi connectivity index (χ0n) is 4.28. The lowest BCUT2D eigenvalue weighted by Gasteiger charge is -2.07. The Labute approximate surface area is 50.3 Å². The average molecular weight is 123 g/mol. The summed E-state index contributed by atoms with van der Waals surface area (Å²) in [5, 5.41) is 3.11. The summed E-state index contributed by atoms with van der Waals surface area (Å²) >= 11 is 0. The second-order valence-corrected chi connectivity index (χ2v) is 4.04. The Balaban J connectivity index is 3.55. The molecule has 4 heteroatoms. The summed E-state index contributed by atoms with van der Waals surface area (Å²) in [6.07, 6.45) is 0.0451. The van der Waals surface area contributed by atoms with Crippen molar-refractivity contribution in [1.29, 1.82) is 0 Å². The van der Waals surface area contributed by atoms with E-state index in [1.807, 2.05) is 0 Å². The standard InChI is InChI=1S/C4H5N3Si/c1-8(2,3)4-6-7-5/h1-3H,4H2. The van der Waals surface area contributed by atoms with E-state index in [0.717, 1.165) is 0 Å². The van der Waals surface area contributed by atoms with Gasteiger partial charge < -0.3 is 0 Å². The lowest BCUT2D eigenvalue weighted by atomic mass is 11.5. The van der Waals surface area contributed by atoms with Gasteiger partial charge in [-0.25, -0.2) is 0 Å². The molecule has 0 fully saturated rings. The zero-order chi connectivity index (χ0) is 6.62. The van der Waals surface area contributed by atoms with Gasteiger partial charge in [0.15, 0.2) is 0 Å². The molecule has 8 heavy (non-hydrogen) atoms. The van der Waals surface area contributed by atoms with Crippen LogP contribution in [0.15, 0.2) is 5.11 Å². The predicted molar refractivity (Wildman–Crippen MR) is 32.7 cm³/mol. The predicted octanol–water partition coefficient (Wildman–Crippen LogP) is 1.04. The van der Waals surface area contributed by atoms with E-state index in [1.54, 1.807) is 0 Å². The van der Waals surface area contributed by atoms with Crippen molar-refractivity contribution in [2.24, 2.45) is 5.11 Å². The van der Waals surface area contributed by atoms with E-state index in [-0.39, 0.29) is 6.17 Å². The Bertz CT molecular complexity index is 109. The number of hydrogen-bond acceptors (Lipinski definition) is 1. The van der Waals surface area contributed by atoms with Crippen LogP contribution in [-0.2, 0) is 0 Å². The molecule has 0 saturated carbocycles.